The molecule has 0 saturated carbocycles. The topological polar surface area (TPSA) is 86.5 Å². The second-order valence-electron chi connectivity index (χ2n) is 4.29. The molecule has 0 aromatic heterocycles. The summed E-state index contributed by atoms with van der Waals surface area (Å²) in [6.07, 6.45) is 0. The summed E-state index contributed by atoms with van der Waals surface area (Å²) >= 11 is 5.91. The molecule has 5 nitrogen and oxygen atoms in total. The summed E-state index contributed by atoms with van der Waals surface area (Å²) in [6, 6.07) is 10.1. The molecule has 0 atom stereocenters. The number of benzene rings is 2. The van der Waals surface area contributed by atoms with Crippen molar-refractivity contribution in [2.24, 2.45) is 5.73 Å². The predicted octanol–water partition coefficient (Wildman–Crippen LogP) is 2.52. The Labute approximate surface area is 127 Å². The van der Waals surface area contributed by atoms with Crippen molar-refractivity contribution in [3.05, 3.63) is 58.6 Å². The van der Waals surface area contributed by atoms with Crippen LogP contribution in [0, 0.1) is 6.92 Å². The Morgan fingerprint density at radius 3 is 2.52 bits per heavy atom. The fourth-order valence-electron chi connectivity index (χ4n) is 1.73. The Bertz CT molecular complexity index is 802. The molecule has 0 aliphatic rings. The second-order valence-corrected chi connectivity index (χ2v) is 6.21. The third kappa shape index (κ3) is 3.34. The molecule has 0 radical (unpaired) electrons. The van der Waals surface area contributed by atoms with Gasteiger partial charge in [0.05, 0.1) is 0 Å². The second kappa shape index (κ2) is 5.75. The lowest BCUT2D eigenvalue weighted by Gasteiger charge is -2.10. The van der Waals surface area contributed by atoms with Gasteiger partial charge in [-0.25, -0.2) is 0 Å². The van der Waals surface area contributed by atoms with Crippen molar-refractivity contribution < 1.29 is 17.4 Å². The lowest BCUT2D eigenvalue weighted by Crippen LogP contribution is -2.13. The van der Waals surface area contributed by atoms with E-state index in [0.29, 0.717) is 10.6 Å². The minimum Gasteiger partial charge on any atom is -0.379 e. The molecule has 0 heterocycles. The van der Waals surface area contributed by atoms with Gasteiger partial charge in [-0.05, 0) is 42.8 Å². The van der Waals surface area contributed by atoms with E-state index in [2.05, 4.69) is 0 Å². The Morgan fingerprint density at radius 2 is 1.86 bits per heavy atom. The maximum atomic E-state index is 12.3. The van der Waals surface area contributed by atoms with E-state index in [0.717, 1.165) is 0 Å². The first-order valence-corrected chi connectivity index (χ1v) is 7.69. The fourth-order valence-corrected chi connectivity index (χ4v) is 3.14. The molecular formula is C14H12ClNO4S. The summed E-state index contributed by atoms with van der Waals surface area (Å²) in [5.74, 6) is -0.664. The van der Waals surface area contributed by atoms with Crippen LogP contribution >= 0.6 is 11.6 Å². The first kappa shape index (κ1) is 15.3. The molecule has 0 aliphatic carbocycles. The fraction of sp³-hybridized carbons (Fsp3) is 0.0714. The Balaban J connectivity index is 2.40. The predicted molar refractivity (Wildman–Crippen MR) is 79.0 cm³/mol. The third-order valence-corrected chi connectivity index (χ3v) is 4.61. The van der Waals surface area contributed by atoms with E-state index in [-0.39, 0.29) is 16.2 Å². The molecule has 0 unspecified atom stereocenters. The van der Waals surface area contributed by atoms with E-state index >= 15 is 0 Å². The highest BCUT2D eigenvalue weighted by Crippen LogP contribution is 2.26. The summed E-state index contributed by atoms with van der Waals surface area (Å²) in [5, 5.41) is 0.325. The SMILES string of the molecule is Cc1c(Cl)cccc1S(=O)(=O)Oc1cccc(C(N)=O)c1. The maximum Gasteiger partial charge on any atom is 0.339 e. The van der Waals surface area contributed by atoms with Crippen molar-refractivity contribution >= 4 is 27.6 Å². The number of primary amides is 1. The highest BCUT2D eigenvalue weighted by Gasteiger charge is 2.20. The summed E-state index contributed by atoms with van der Waals surface area (Å²) in [6.45, 7) is 1.58. The van der Waals surface area contributed by atoms with Gasteiger partial charge in [0.25, 0.3) is 0 Å². The first-order chi connectivity index (χ1) is 9.81. The highest BCUT2D eigenvalue weighted by molar-refractivity contribution is 7.87. The molecule has 2 aromatic carbocycles. The van der Waals surface area contributed by atoms with E-state index in [1.54, 1.807) is 13.0 Å². The van der Waals surface area contributed by atoms with Crippen LogP contribution in [-0.4, -0.2) is 14.3 Å². The zero-order valence-electron chi connectivity index (χ0n) is 11.0. The van der Waals surface area contributed by atoms with E-state index in [1.807, 2.05) is 0 Å². The molecule has 2 N–H and O–H groups in total. The maximum absolute atomic E-state index is 12.3. The smallest absolute Gasteiger partial charge is 0.339 e. The van der Waals surface area contributed by atoms with Gasteiger partial charge in [-0.1, -0.05) is 23.7 Å². The number of nitrogens with two attached hydrogens (primary N) is 1. The van der Waals surface area contributed by atoms with Crippen LogP contribution in [0.1, 0.15) is 15.9 Å². The lowest BCUT2D eigenvalue weighted by atomic mass is 10.2. The van der Waals surface area contributed by atoms with Gasteiger partial charge in [0, 0.05) is 10.6 Å². The van der Waals surface area contributed by atoms with Crippen LogP contribution in [0.2, 0.25) is 5.02 Å². The molecule has 0 fully saturated rings. The van der Waals surface area contributed by atoms with Crippen LogP contribution in [0.4, 0.5) is 0 Å². The average Bonchev–Trinajstić information content (AvgIpc) is 2.41. The molecule has 0 bridgehead atoms. The van der Waals surface area contributed by atoms with Crippen LogP contribution in [-0.2, 0) is 10.1 Å². The first-order valence-electron chi connectivity index (χ1n) is 5.91. The van der Waals surface area contributed by atoms with Crippen LogP contribution < -0.4 is 9.92 Å². The standard InChI is InChI=1S/C14H12ClNO4S/c1-9-12(15)6-3-7-13(9)21(18,19)20-11-5-2-4-10(8-11)14(16)17/h2-8H,1H3,(H2,16,17). The van der Waals surface area contributed by atoms with Crippen molar-refractivity contribution in [1.82, 2.24) is 0 Å². The summed E-state index contributed by atoms with van der Waals surface area (Å²) in [4.78, 5) is 11.1. The molecule has 2 aromatic rings. The summed E-state index contributed by atoms with van der Waals surface area (Å²) in [5.41, 5.74) is 5.69. The van der Waals surface area contributed by atoms with Gasteiger partial charge < -0.3 is 9.92 Å². The van der Waals surface area contributed by atoms with Crippen LogP contribution in [0.15, 0.2) is 47.4 Å². The molecule has 21 heavy (non-hydrogen) atoms. The molecule has 1 amide bonds. The van der Waals surface area contributed by atoms with E-state index in [9.17, 15) is 13.2 Å². The van der Waals surface area contributed by atoms with Crippen molar-refractivity contribution in [1.29, 1.82) is 0 Å². The molecular weight excluding hydrogens is 314 g/mol. The van der Waals surface area contributed by atoms with Crippen LogP contribution in [0.5, 0.6) is 5.75 Å². The number of carbonyl (C=O) groups excluding carboxylic acids is 1. The van der Waals surface area contributed by atoms with Gasteiger partial charge in [-0.3, -0.25) is 4.79 Å². The third-order valence-electron chi connectivity index (χ3n) is 2.81. The minimum absolute atomic E-state index is 0.00526. The van der Waals surface area contributed by atoms with Crippen molar-refractivity contribution in [3.63, 3.8) is 0 Å². The van der Waals surface area contributed by atoms with Gasteiger partial charge in [0.2, 0.25) is 5.91 Å². The Kier molecular flexibility index (Phi) is 4.20. The number of amides is 1. The monoisotopic (exact) mass is 325 g/mol. The molecule has 2 rings (SSSR count). The van der Waals surface area contributed by atoms with Gasteiger partial charge in [-0.2, -0.15) is 8.42 Å². The minimum atomic E-state index is -4.05. The normalized spacial score (nSPS) is 11.1. The van der Waals surface area contributed by atoms with Crippen molar-refractivity contribution in [3.8, 4) is 5.75 Å². The highest BCUT2D eigenvalue weighted by atomic mass is 35.5. The average molecular weight is 326 g/mol. The van der Waals surface area contributed by atoms with Crippen molar-refractivity contribution in [2.45, 2.75) is 11.8 Å². The molecule has 0 aliphatic heterocycles. The molecule has 0 spiro atoms. The van der Waals surface area contributed by atoms with Crippen LogP contribution in [0.25, 0.3) is 0 Å². The number of hydrogen-bond acceptors (Lipinski definition) is 4. The number of halogens is 1. The molecule has 7 heteroatoms. The van der Waals surface area contributed by atoms with Gasteiger partial charge in [0.15, 0.2) is 0 Å². The number of hydrogen-bond donors (Lipinski definition) is 1. The zero-order chi connectivity index (χ0) is 15.6. The molecule has 110 valence electrons. The van der Waals surface area contributed by atoms with Crippen LogP contribution in [0.3, 0.4) is 0 Å². The quantitative estimate of drug-likeness (QED) is 0.875. The largest absolute Gasteiger partial charge is 0.379 e. The van der Waals surface area contributed by atoms with Gasteiger partial charge in [-0.15, -0.1) is 0 Å². The lowest BCUT2D eigenvalue weighted by molar-refractivity contribution is 0.1000. The van der Waals surface area contributed by atoms with Gasteiger partial charge in [0.1, 0.15) is 10.6 Å². The van der Waals surface area contributed by atoms with E-state index < -0.39 is 16.0 Å². The Morgan fingerprint density at radius 1 is 1.19 bits per heavy atom. The van der Waals surface area contributed by atoms with Gasteiger partial charge >= 0.3 is 10.1 Å². The zero-order valence-corrected chi connectivity index (χ0v) is 12.6. The number of rotatable bonds is 4. The summed E-state index contributed by atoms with van der Waals surface area (Å²) in [7, 11) is -4.05. The molecule has 0 saturated heterocycles. The summed E-state index contributed by atoms with van der Waals surface area (Å²) < 4.78 is 29.5. The van der Waals surface area contributed by atoms with Crippen molar-refractivity contribution in [2.75, 3.05) is 0 Å². The number of carbonyl (C=O) groups is 1. The van der Waals surface area contributed by atoms with E-state index in [1.165, 1.54) is 36.4 Å². The van der Waals surface area contributed by atoms with E-state index in [4.69, 9.17) is 21.5 Å². The Hall–Kier alpha value is -2.05.